The molecule has 4 aromatic rings. The van der Waals surface area contributed by atoms with E-state index in [2.05, 4.69) is 49.9 Å². The molecule has 2 aromatic carbocycles. The van der Waals surface area contributed by atoms with Gasteiger partial charge in [-0.15, -0.1) is 0 Å². The van der Waals surface area contributed by atoms with Crippen LogP contribution in [0.4, 0.5) is 11.5 Å². The summed E-state index contributed by atoms with van der Waals surface area (Å²) in [6.45, 7) is 10.6. The van der Waals surface area contributed by atoms with Crippen LogP contribution >= 0.6 is 0 Å². The lowest BCUT2D eigenvalue weighted by atomic mass is 10.1. The summed E-state index contributed by atoms with van der Waals surface area (Å²) in [4.78, 5) is 11.6. The van der Waals surface area contributed by atoms with Gasteiger partial charge in [-0.25, -0.2) is 18.4 Å². The molecule has 0 spiro atoms. The summed E-state index contributed by atoms with van der Waals surface area (Å²) in [6, 6.07) is 16.7. The number of aliphatic hydroxyl groups is 1. The lowest BCUT2D eigenvalue weighted by Crippen LogP contribution is -2.36. The van der Waals surface area contributed by atoms with E-state index in [0.717, 1.165) is 47.2 Å². The summed E-state index contributed by atoms with van der Waals surface area (Å²) in [6.07, 6.45) is 1.60. The molecule has 41 heavy (non-hydrogen) atoms. The summed E-state index contributed by atoms with van der Waals surface area (Å²) in [5.41, 5.74) is 3.56. The summed E-state index contributed by atoms with van der Waals surface area (Å²) in [5.74, 6) is 0.870. The second-order valence-electron chi connectivity index (χ2n) is 11.3. The molecule has 0 radical (unpaired) electrons. The monoisotopic (exact) mass is 595 g/mol. The maximum absolute atomic E-state index is 13.0. The maximum atomic E-state index is 13.0. The summed E-state index contributed by atoms with van der Waals surface area (Å²) in [5, 5.41) is 10.3. The summed E-state index contributed by atoms with van der Waals surface area (Å²) in [7, 11) is -5.06. The van der Waals surface area contributed by atoms with Crippen molar-refractivity contribution in [2.75, 3.05) is 42.5 Å². The Kier molecular flexibility index (Phi) is 8.76. The van der Waals surface area contributed by atoms with Crippen LogP contribution in [0.1, 0.15) is 5.56 Å². The van der Waals surface area contributed by atoms with Crippen LogP contribution in [0.25, 0.3) is 22.3 Å². The summed E-state index contributed by atoms with van der Waals surface area (Å²) >= 11 is 0. The first-order chi connectivity index (χ1) is 19.6. The number of anilines is 2. The molecule has 1 saturated heterocycles. The van der Waals surface area contributed by atoms with Gasteiger partial charge >= 0.3 is 0 Å². The van der Waals surface area contributed by atoms with E-state index in [1.807, 2.05) is 12.1 Å². The van der Waals surface area contributed by atoms with Crippen molar-refractivity contribution in [3.63, 3.8) is 0 Å². The Balaban J connectivity index is 1.45. The number of rotatable bonds is 11. The molecule has 2 aromatic heterocycles. The van der Waals surface area contributed by atoms with Crippen molar-refractivity contribution in [2.45, 2.75) is 43.9 Å². The topological polar surface area (TPSA) is 119 Å². The van der Waals surface area contributed by atoms with Crippen molar-refractivity contribution in [3.05, 3.63) is 66.5 Å². The van der Waals surface area contributed by atoms with Crippen LogP contribution in [0.2, 0.25) is 25.7 Å². The fraction of sp³-hybridized carbons (Fsp3) is 0.379. The minimum atomic E-state index is -3.81. The van der Waals surface area contributed by atoms with Crippen LogP contribution in [0.5, 0.6) is 0 Å². The van der Waals surface area contributed by atoms with Gasteiger partial charge in [-0.05, 0) is 47.5 Å². The minimum absolute atomic E-state index is 0.0953. The number of aliphatic hydroxyl groups excluding tert-OH is 1. The highest BCUT2D eigenvalue weighted by atomic mass is 32.2. The van der Waals surface area contributed by atoms with Gasteiger partial charge in [0.1, 0.15) is 24.5 Å². The molecule has 1 aliphatic heterocycles. The molecule has 12 heteroatoms. The third kappa shape index (κ3) is 6.96. The number of sulfonamides is 1. The van der Waals surface area contributed by atoms with Crippen molar-refractivity contribution >= 4 is 40.6 Å². The van der Waals surface area contributed by atoms with Crippen molar-refractivity contribution in [1.82, 2.24) is 14.5 Å². The fourth-order valence-corrected chi connectivity index (χ4v) is 6.60. The van der Waals surface area contributed by atoms with Crippen LogP contribution in [0, 0.1) is 0 Å². The molecule has 0 unspecified atom stereocenters. The normalized spacial score (nSPS) is 14.5. The number of hydrogen-bond donors (Lipinski definition) is 2. The number of benzene rings is 2. The van der Waals surface area contributed by atoms with Gasteiger partial charge in [0.2, 0.25) is 0 Å². The van der Waals surface area contributed by atoms with Crippen LogP contribution in [0.15, 0.2) is 65.8 Å². The molecule has 1 fully saturated rings. The molecule has 0 atom stereocenters. The maximum Gasteiger partial charge on any atom is 0.261 e. The van der Waals surface area contributed by atoms with Gasteiger partial charge in [-0.3, -0.25) is 4.72 Å². The predicted octanol–water partition coefficient (Wildman–Crippen LogP) is 4.54. The minimum Gasteiger partial charge on any atom is -0.392 e. The van der Waals surface area contributed by atoms with E-state index >= 15 is 0 Å². The Labute approximate surface area is 242 Å². The second kappa shape index (κ2) is 12.3. The molecule has 0 amide bonds. The lowest BCUT2D eigenvalue weighted by Gasteiger charge is -2.28. The van der Waals surface area contributed by atoms with E-state index in [0.29, 0.717) is 37.8 Å². The largest absolute Gasteiger partial charge is 0.392 e. The van der Waals surface area contributed by atoms with Gasteiger partial charge in [0.05, 0.1) is 35.8 Å². The smallest absolute Gasteiger partial charge is 0.261 e. The standard InChI is InChI=1S/C29H37N5O5SSi/c1-41(2,3)16-15-39-21-34-27(18-26-28(30-20-31-29(26)34)33-11-13-38-14-12-33)23-7-9-24(10-8-23)32-40(36,37)25-6-4-5-22(17-25)19-35/h4-10,17-18,20,32,35H,11-16,19,21H2,1-3H3. The third-order valence-corrected chi connectivity index (χ3v) is 10.1. The Morgan fingerprint density at radius 2 is 1.80 bits per heavy atom. The molecule has 5 rings (SSSR count). The average Bonchev–Trinajstić information content (AvgIpc) is 3.34. The van der Waals surface area contributed by atoms with Gasteiger partial charge in [-0.2, -0.15) is 0 Å². The first-order valence-corrected chi connectivity index (χ1v) is 18.9. The fourth-order valence-electron chi connectivity index (χ4n) is 4.72. The van der Waals surface area contributed by atoms with Crippen LogP contribution in [-0.4, -0.2) is 69.0 Å². The Hall–Kier alpha value is -3.29. The quantitative estimate of drug-likeness (QED) is 0.192. The SMILES string of the molecule is C[Si](C)(C)CCOCn1c(-c2ccc(NS(=O)(=O)c3cccc(CO)c3)cc2)cc2c(N3CCOCC3)ncnc21. The third-order valence-electron chi connectivity index (χ3n) is 7.02. The van der Waals surface area contributed by atoms with E-state index in [4.69, 9.17) is 9.47 Å². The van der Waals surface area contributed by atoms with Gasteiger partial charge < -0.3 is 24.0 Å². The predicted molar refractivity (Wildman–Crippen MR) is 163 cm³/mol. The Bertz CT molecular complexity index is 1600. The number of nitrogens with one attached hydrogen (secondary N) is 1. The first-order valence-electron chi connectivity index (χ1n) is 13.7. The highest BCUT2D eigenvalue weighted by Gasteiger charge is 2.21. The van der Waals surface area contributed by atoms with E-state index in [1.54, 1.807) is 30.6 Å². The van der Waals surface area contributed by atoms with Crippen molar-refractivity contribution < 1.29 is 23.0 Å². The average molecular weight is 596 g/mol. The zero-order chi connectivity index (χ0) is 29.0. The van der Waals surface area contributed by atoms with E-state index in [9.17, 15) is 13.5 Å². The van der Waals surface area contributed by atoms with Crippen molar-refractivity contribution in [3.8, 4) is 11.3 Å². The van der Waals surface area contributed by atoms with E-state index < -0.39 is 18.1 Å². The van der Waals surface area contributed by atoms with Crippen molar-refractivity contribution in [1.29, 1.82) is 0 Å². The van der Waals surface area contributed by atoms with Crippen LogP contribution in [-0.2, 0) is 32.8 Å². The number of morpholine rings is 1. The molecule has 1 aliphatic rings. The number of hydrogen-bond acceptors (Lipinski definition) is 8. The first kappa shape index (κ1) is 29.2. The molecular weight excluding hydrogens is 559 g/mol. The lowest BCUT2D eigenvalue weighted by molar-refractivity contribution is 0.0909. The zero-order valence-corrected chi connectivity index (χ0v) is 25.5. The van der Waals surface area contributed by atoms with Crippen LogP contribution < -0.4 is 9.62 Å². The van der Waals surface area contributed by atoms with Crippen molar-refractivity contribution in [2.24, 2.45) is 0 Å². The summed E-state index contributed by atoms with van der Waals surface area (Å²) < 4.78 is 42.3. The molecule has 10 nitrogen and oxygen atoms in total. The van der Waals surface area contributed by atoms with E-state index in [1.165, 1.54) is 12.1 Å². The number of aromatic nitrogens is 3. The molecule has 0 saturated carbocycles. The van der Waals surface area contributed by atoms with Gasteiger partial charge in [-0.1, -0.05) is 43.9 Å². The number of fused-ring (bicyclic) bond motifs is 1. The Morgan fingerprint density at radius 1 is 1.05 bits per heavy atom. The molecule has 218 valence electrons. The van der Waals surface area contributed by atoms with E-state index in [-0.39, 0.29) is 11.5 Å². The Morgan fingerprint density at radius 3 is 2.51 bits per heavy atom. The molecular formula is C29H37N5O5SSi. The zero-order valence-electron chi connectivity index (χ0n) is 23.7. The highest BCUT2D eigenvalue weighted by Crippen LogP contribution is 2.33. The van der Waals surface area contributed by atoms with Crippen LogP contribution in [0.3, 0.4) is 0 Å². The molecule has 3 heterocycles. The van der Waals surface area contributed by atoms with Gasteiger partial charge in [0.15, 0.2) is 0 Å². The molecule has 0 bridgehead atoms. The molecule has 0 aliphatic carbocycles. The highest BCUT2D eigenvalue weighted by molar-refractivity contribution is 7.92. The second-order valence-corrected chi connectivity index (χ2v) is 18.6. The van der Waals surface area contributed by atoms with Gasteiger partial charge in [0.25, 0.3) is 10.0 Å². The molecule has 2 N–H and O–H groups in total. The number of ether oxygens (including phenoxy) is 2. The van der Waals surface area contributed by atoms with Gasteiger partial charge in [0, 0.05) is 33.5 Å². The number of nitrogens with zero attached hydrogens (tertiary/aromatic N) is 4.